The summed E-state index contributed by atoms with van der Waals surface area (Å²) in [5.41, 5.74) is 7.44. The number of carbonyl (C=O) groups is 1. The summed E-state index contributed by atoms with van der Waals surface area (Å²) in [6, 6.07) is 13.5. The Morgan fingerprint density at radius 3 is 2.43 bits per heavy atom. The number of sulfonamides is 1. The summed E-state index contributed by atoms with van der Waals surface area (Å²) < 4.78 is 25.8. The van der Waals surface area contributed by atoms with Crippen molar-refractivity contribution < 1.29 is 13.2 Å². The minimum atomic E-state index is -3.76. The standard InChI is InChI=1S/C15H14N2O3S/c16-9-11-4-3-5-12(8-11)10-17-15(18)13-6-1-2-7-14(13)21(17,19)20/h1-8H,9-10,16H2. The number of carbonyl (C=O) groups excluding carboxylic acids is 1. The second kappa shape index (κ2) is 4.98. The first-order valence-electron chi connectivity index (χ1n) is 6.48. The lowest BCUT2D eigenvalue weighted by Crippen LogP contribution is -2.29. The van der Waals surface area contributed by atoms with Gasteiger partial charge in [0.25, 0.3) is 15.9 Å². The molecule has 0 spiro atoms. The van der Waals surface area contributed by atoms with Crippen LogP contribution in [0.3, 0.4) is 0 Å². The highest BCUT2D eigenvalue weighted by Crippen LogP contribution is 2.31. The van der Waals surface area contributed by atoms with Gasteiger partial charge in [0.2, 0.25) is 0 Å². The molecule has 1 amide bonds. The van der Waals surface area contributed by atoms with Crippen LogP contribution in [0.1, 0.15) is 21.5 Å². The normalized spacial score (nSPS) is 16.0. The van der Waals surface area contributed by atoms with Crippen molar-refractivity contribution in [3.8, 4) is 0 Å². The van der Waals surface area contributed by atoms with Crippen LogP contribution in [-0.2, 0) is 23.1 Å². The first-order valence-corrected chi connectivity index (χ1v) is 7.92. The minimum absolute atomic E-state index is 0.0175. The van der Waals surface area contributed by atoms with Gasteiger partial charge >= 0.3 is 0 Å². The Hall–Kier alpha value is -2.18. The second-order valence-corrected chi connectivity index (χ2v) is 6.67. The molecule has 0 aromatic heterocycles. The van der Waals surface area contributed by atoms with Crippen molar-refractivity contribution in [3.63, 3.8) is 0 Å². The largest absolute Gasteiger partial charge is 0.326 e. The van der Waals surface area contributed by atoms with Gasteiger partial charge in [-0.25, -0.2) is 12.7 Å². The predicted molar refractivity (Wildman–Crippen MR) is 77.8 cm³/mol. The number of benzene rings is 2. The van der Waals surface area contributed by atoms with Crippen LogP contribution in [0.4, 0.5) is 0 Å². The van der Waals surface area contributed by atoms with Gasteiger partial charge in [0.05, 0.1) is 12.1 Å². The number of hydrogen-bond acceptors (Lipinski definition) is 4. The Balaban J connectivity index is 1.99. The van der Waals surface area contributed by atoms with Crippen LogP contribution in [0, 0.1) is 0 Å². The van der Waals surface area contributed by atoms with Gasteiger partial charge in [-0.2, -0.15) is 0 Å². The Kier molecular flexibility index (Phi) is 3.27. The molecule has 2 aromatic carbocycles. The summed E-state index contributed by atoms with van der Waals surface area (Å²) in [4.78, 5) is 12.4. The quantitative estimate of drug-likeness (QED) is 0.931. The Labute approximate surface area is 123 Å². The molecule has 0 bridgehead atoms. The molecule has 0 saturated carbocycles. The lowest BCUT2D eigenvalue weighted by atomic mass is 10.1. The summed E-state index contributed by atoms with van der Waals surface area (Å²) >= 11 is 0. The smallest absolute Gasteiger partial charge is 0.269 e. The Morgan fingerprint density at radius 1 is 1.00 bits per heavy atom. The maximum absolute atomic E-state index is 12.4. The van der Waals surface area contributed by atoms with E-state index in [1.807, 2.05) is 12.1 Å². The SMILES string of the molecule is NCc1cccc(CN2C(=O)c3ccccc3S2(=O)=O)c1. The maximum Gasteiger partial charge on any atom is 0.269 e. The van der Waals surface area contributed by atoms with Crippen LogP contribution in [-0.4, -0.2) is 18.6 Å². The van der Waals surface area contributed by atoms with Crippen molar-refractivity contribution in [2.24, 2.45) is 5.73 Å². The third-order valence-electron chi connectivity index (χ3n) is 3.47. The van der Waals surface area contributed by atoms with Gasteiger partial charge < -0.3 is 5.73 Å². The molecule has 0 saturated heterocycles. The summed E-state index contributed by atoms with van der Waals surface area (Å²) in [6.45, 7) is 0.387. The van der Waals surface area contributed by atoms with Crippen molar-refractivity contribution in [1.29, 1.82) is 0 Å². The number of nitrogens with zero attached hydrogens (tertiary/aromatic N) is 1. The zero-order valence-electron chi connectivity index (χ0n) is 11.2. The van der Waals surface area contributed by atoms with E-state index >= 15 is 0 Å². The van der Waals surface area contributed by atoms with Crippen LogP contribution < -0.4 is 5.73 Å². The van der Waals surface area contributed by atoms with E-state index in [0.29, 0.717) is 6.54 Å². The molecule has 0 fully saturated rings. The molecule has 2 N–H and O–H groups in total. The molecule has 6 heteroatoms. The summed E-state index contributed by atoms with van der Waals surface area (Å²) in [6.07, 6.45) is 0. The van der Waals surface area contributed by atoms with Crippen LogP contribution >= 0.6 is 0 Å². The van der Waals surface area contributed by atoms with E-state index in [2.05, 4.69) is 0 Å². The molecule has 21 heavy (non-hydrogen) atoms. The number of rotatable bonds is 3. The second-order valence-electron chi connectivity index (χ2n) is 4.84. The Morgan fingerprint density at radius 2 is 1.71 bits per heavy atom. The molecule has 1 aliphatic heterocycles. The summed E-state index contributed by atoms with van der Waals surface area (Å²) in [5, 5.41) is 0. The molecular formula is C15H14N2O3S. The lowest BCUT2D eigenvalue weighted by molar-refractivity contribution is 0.0865. The highest BCUT2D eigenvalue weighted by atomic mass is 32.2. The van der Waals surface area contributed by atoms with E-state index in [1.165, 1.54) is 12.1 Å². The molecule has 0 unspecified atom stereocenters. The molecule has 0 atom stereocenters. The zero-order valence-corrected chi connectivity index (χ0v) is 12.0. The van der Waals surface area contributed by atoms with Gasteiger partial charge in [-0.15, -0.1) is 0 Å². The zero-order chi connectivity index (χ0) is 15.0. The fourth-order valence-electron chi connectivity index (χ4n) is 2.41. The first-order chi connectivity index (χ1) is 10.0. The van der Waals surface area contributed by atoms with Crippen LogP contribution in [0.2, 0.25) is 0 Å². The van der Waals surface area contributed by atoms with E-state index in [1.54, 1.807) is 24.3 Å². The molecule has 5 nitrogen and oxygen atoms in total. The maximum atomic E-state index is 12.4. The molecule has 108 valence electrons. The van der Waals surface area contributed by atoms with Gasteiger partial charge in [0.15, 0.2) is 0 Å². The Bertz CT molecular complexity index is 815. The molecule has 0 radical (unpaired) electrons. The number of hydrogen-bond donors (Lipinski definition) is 1. The molecule has 0 aliphatic carbocycles. The van der Waals surface area contributed by atoms with E-state index in [0.717, 1.165) is 15.4 Å². The number of fused-ring (bicyclic) bond motifs is 1. The fraction of sp³-hybridized carbons (Fsp3) is 0.133. The van der Waals surface area contributed by atoms with Crippen molar-refractivity contribution in [1.82, 2.24) is 4.31 Å². The summed E-state index contributed by atoms with van der Waals surface area (Å²) in [5.74, 6) is -0.483. The summed E-state index contributed by atoms with van der Waals surface area (Å²) in [7, 11) is -3.76. The van der Waals surface area contributed by atoms with Gasteiger partial charge in [0.1, 0.15) is 4.90 Å². The topological polar surface area (TPSA) is 80.5 Å². The monoisotopic (exact) mass is 302 g/mol. The van der Waals surface area contributed by atoms with E-state index in [4.69, 9.17) is 5.73 Å². The molecule has 1 aliphatic rings. The van der Waals surface area contributed by atoms with Crippen molar-refractivity contribution in [2.45, 2.75) is 18.0 Å². The predicted octanol–water partition coefficient (Wildman–Crippen LogP) is 1.49. The van der Waals surface area contributed by atoms with Crippen LogP contribution in [0.15, 0.2) is 53.4 Å². The first kappa shape index (κ1) is 13.8. The van der Waals surface area contributed by atoms with E-state index < -0.39 is 15.9 Å². The highest BCUT2D eigenvalue weighted by molar-refractivity contribution is 7.90. The van der Waals surface area contributed by atoms with Gasteiger partial charge in [-0.05, 0) is 23.3 Å². The third kappa shape index (κ3) is 2.22. The fourth-order valence-corrected chi connectivity index (χ4v) is 3.96. The molecule has 2 aromatic rings. The number of nitrogens with two attached hydrogens (primary N) is 1. The van der Waals surface area contributed by atoms with Gasteiger partial charge in [0, 0.05) is 6.54 Å². The lowest BCUT2D eigenvalue weighted by Gasteiger charge is -2.15. The van der Waals surface area contributed by atoms with Crippen molar-refractivity contribution >= 4 is 15.9 Å². The van der Waals surface area contributed by atoms with Crippen molar-refractivity contribution in [2.75, 3.05) is 0 Å². The number of amides is 1. The average molecular weight is 302 g/mol. The van der Waals surface area contributed by atoms with Crippen molar-refractivity contribution in [3.05, 3.63) is 65.2 Å². The third-order valence-corrected chi connectivity index (χ3v) is 5.25. The van der Waals surface area contributed by atoms with E-state index in [9.17, 15) is 13.2 Å². The minimum Gasteiger partial charge on any atom is -0.326 e. The average Bonchev–Trinajstić information content (AvgIpc) is 2.69. The van der Waals surface area contributed by atoms with Crippen LogP contribution in [0.5, 0.6) is 0 Å². The molecule has 3 rings (SSSR count). The van der Waals surface area contributed by atoms with Gasteiger partial charge in [-0.3, -0.25) is 4.79 Å². The van der Waals surface area contributed by atoms with E-state index in [-0.39, 0.29) is 17.0 Å². The van der Waals surface area contributed by atoms with Crippen LogP contribution in [0.25, 0.3) is 0 Å². The van der Waals surface area contributed by atoms with Gasteiger partial charge in [-0.1, -0.05) is 36.4 Å². The molecular weight excluding hydrogens is 288 g/mol. The highest BCUT2D eigenvalue weighted by Gasteiger charge is 2.40. The molecule has 1 heterocycles.